The highest BCUT2D eigenvalue weighted by atomic mass is 35.5. The van der Waals surface area contributed by atoms with Crippen molar-refractivity contribution in [1.29, 1.82) is 0 Å². The van der Waals surface area contributed by atoms with Crippen LogP contribution in [0.4, 0.5) is 0 Å². The minimum atomic E-state index is -0.357. The van der Waals surface area contributed by atoms with Gasteiger partial charge in [-0.3, -0.25) is 0 Å². The van der Waals surface area contributed by atoms with Gasteiger partial charge in [-0.25, -0.2) is 0 Å². The SMILES string of the molecule is CC(C)(N)Cc1nc(-c2ccc(Cl)cc2)no1. The van der Waals surface area contributed by atoms with Gasteiger partial charge in [-0.1, -0.05) is 16.8 Å². The summed E-state index contributed by atoms with van der Waals surface area (Å²) in [4.78, 5) is 4.29. The summed E-state index contributed by atoms with van der Waals surface area (Å²) in [6.45, 7) is 3.83. The van der Waals surface area contributed by atoms with E-state index in [1.165, 1.54) is 0 Å². The highest BCUT2D eigenvalue weighted by molar-refractivity contribution is 6.30. The van der Waals surface area contributed by atoms with Crippen LogP contribution < -0.4 is 5.73 Å². The molecule has 0 aliphatic rings. The molecule has 0 saturated heterocycles. The topological polar surface area (TPSA) is 64.9 Å². The molecule has 1 aromatic carbocycles. The minimum Gasteiger partial charge on any atom is -0.339 e. The maximum Gasteiger partial charge on any atom is 0.228 e. The fraction of sp³-hybridized carbons (Fsp3) is 0.333. The van der Waals surface area contributed by atoms with E-state index in [4.69, 9.17) is 21.9 Å². The van der Waals surface area contributed by atoms with Gasteiger partial charge in [0.2, 0.25) is 11.7 Å². The second-order valence-corrected chi connectivity index (χ2v) is 5.12. The number of halogens is 1. The Balaban J connectivity index is 2.21. The summed E-state index contributed by atoms with van der Waals surface area (Å²) in [6, 6.07) is 7.29. The molecule has 0 radical (unpaired) electrons. The summed E-state index contributed by atoms with van der Waals surface area (Å²) >= 11 is 5.81. The number of hydrogen-bond donors (Lipinski definition) is 1. The molecular weight excluding hydrogens is 238 g/mol. The van der Waals surface area contributed by atoms with Gasteiger partial charge in [0.05, 0.1) is 0 Å². The van der Waals surface area contributed by atoms with Crippen molar-refractivity contribution in [2.45, 2.75) is 25.8 Å². The number of aromatic nitrogens is 2. The summed E-state index contributed by atoms with van der Waals surface area (Å²) < 4.78 is 5.15. The maximum absolute atomic E-state index is 5.89. The number of rotatable bonds is 3. The third-order valence-corrected chi connectivity index (χ3v) is 2.43. The van der Waals surface area contributed by atoms with Gasteiger partial charge in [-0.2, -0.15) is 4.98 Å². The van der Waals surface area contributed by atoms with Crippen LogP contribution in [0.2, 0.25) is 5.02 Å². The van der Waals surface area contributed by atoms with Crippen LogP contribution in [-0.2, 0) is 6.42 Å². The second-order valence-electron chi connectivity index (χ2n) is 4.68. The Morgan fingerprint density at radius 1 is 1.29 bits per heavy atom. The van der Waals surface area contributed by atoms with Gasteiger partial charge in [0.15, 0.2) is 0 Å². The molecule has 90 valence electrons. The highest BCUT2D eigenvalue weighted by Crippen LogP contribution is 2.19. The molecule has 0 unspecified atom stereocenters. The zero-order valence-corrected chi connectivity index (χ0v) is 10.5. The summed E-state index contributed by atoms with van der Waals surface area (Å²) in [5.41, 5.74) is 6.41. The van der Waals surface area contributed by atoms with Crippen LogP contribution in [0, 0.1) is 0 Å². The van der Waals surface area contributed by atoms with E-state index in [-0.39, 0.29) is 5.54 Å². The molecule has 5 heteroatoms. The van der Waals surface area contributed by atoms with Crippen LogP contribution in [0.15, 0.2) is 28.8 Å². The van der Waals surface area contributed by atoms with E-state index in [1.807, 2.05) is 26.0 Å². The number of nitrogens with two attached hydrogens (primary N) is 1. The van der Waals surface area contributed by atoms with E-state index in [1.54, 1.807) is 12.1 Å². The third kappa shape index (κ3) is 3.28. The molecule has 0 amide bonds. The summed E-state index contributed by atoms with van der Waals surface area (Å²) in [5.74, 6) is 1.10. The van der Waals surface area contributed by atoms with Gasteiger partial charge in [-0.05, 0) is 38.1 Å². The van der Waals surface area contributed by atoms with Crippen molar-refractivity contribution in [1.82, 2.24) is 10.1 Å². The molecule has 1 aromatic heterocycles. The van der Waals surface area contributed by atoms with Crippen LogP contribution >= 0.6 is 11.6 Å². The van der Waals surface area contributed by atoms with Crippen molar-refractivity contribution in [2.75, 3.05) is 0 Å². The Morgan fingerprint density at radius 2 is 1.94 bits per heavy atom. The van der Waals surface area contributed by atoms with Gasteiger partial charge in [-0.15, -0.1) is 0 Å². The lowest BCUT2D eigenvalue weighted by atomic mass is 10.0. The zero-order chi connectivity index (χ0) is 12.5. The normalized spacial score (nSPS) is 11.8. The van der Waals surface area contributed by atoms with Crippen molar-refractivity contribution in [3.63, 3.8) is 0 Å². The van der Waals surface area contributed by atoms with E-state index in [9.17, 15) is 0 Å². The third-order valence-electron chi connectivity index (χ3n) is 2.18. The van der Waals surface area contributed by atoms with Gasteiger partial charge >= 0.3 is 0 Å². The fourth-order valence-electron chi connectivity index (χ4n) is 1.43. The molecule has 4 nitrogen and oxygen atoms in total. The molecule has 1 heterocycles. The highest BCUT2D eigenvalue weighted by Gasteiger charge is 2.17. The molecule has 0 aliphatic carbocycles. The maximum atomic E-state index is 5.89. The Hall–Kier alpha value is -1.39. The van der Waals surface area contributed by atoms with Gasteiger partial charge in [0, 0.05) is 22.5 Å². The van der Waals surface area contributed by atoms with E-state index in [2.05, 4.69) is 10.1 Å². The molecule has 2 N–H and O–H groups in total. The van der Waals surface area contributed by atoms with Crippen LogP contribution in [0.3, 0.4) is 0 Å². The van der Waals surface area contributed by atoms with Crippen molar-refractivity contribution < 1.29 is 4.52 Å². The Labute approximate surface area is 105 Å². The van der Waals surface area contributed by atoms with Crippen molar-refractivity contribution in [3.8, 4) is 11.4 Å². The molecule has 2 aromatic rings. The van der Waals surface area contributed by atoms with E-state index < -0.39 is 0 Å². The number of benzene rings is 1. The van der Waals surface area contributed by atoms with Gasteiger partial charge < -0.3 is 10.3 Å². The average Bonchev–Trinajstić information content (AvgIpc) is 2.64. The molecule has 17 heavy (non-hydrogen) atoms. The lowest BCUT2D eigenvalue weighted by Crippen LogP contribution is -2.34. The minimum absolute atomic E-state index is 0.357. The zero-order valence-electron chi connectivity index (χ0n) is 9.77. The first-order chi connectivity index (χ1) is 7.94. The van der Waals surface area contributed by atoms with Crippen molar-refractivity contribution in [2.24, 2.45) is 5.73 Å². The fourth-order valence-corrected chi connectivity index (χ4v) is 1.56. The predicted octanol–water partition coefficient (Wildman–Crippen LogP) is 2.67. The molecular formula is C12H14ClN3O. The molecule has 0 aliphatic heterocycles. The lowest BCUT2D eigenvalue weighted by Gasteiger charge is -2.14. The Morgan fingerprint density at radius 3 is 2.53 bits per heavy atom. The van der Waals surface area contributed by atoms with Crippen LogP contribution in [0.1, 0.15) is 19.7 Å². The average molecular weight is 252 g/mol. The molecule has 0 atom stereocenters. The second kappa shape index (κ2) is 4.47. The Bertz CT molecular complexity index is 499. The van der Waals surface area contributed by atoms with Crippen LogP contribution in [0.5, 0.6) is 0 Å². The molecule has 0 bridgehead atoms. The standard InChI is InChI=1S/C12H14ClN3O/c1-12(2,14)7-10-15-11(16-17-10)8-3-5-9(13)6-4-8/h3-6H,7,14H2,1-2H3. The predicted molar refractivity (Wildman–Crippen MR) is 66.7 cm³/mol. The molecule has 0 fully saturated rings. The number of nitrogens with zero attached hydrogens (tertiary/aromatic N) is 2. The van der Waals surface area contributed by atoms with Crippen LogP contribution in [0.25, 0.3) is 11.4 Å². The first-order valence-electron chi connectivity index (χ1n) is 5.31. The van der Waals surface area contributed by atoms with E-state index in [0.29, 0.717) is 23.2 Å². The number of hydrogen-bond acceptors (Lipinski definition) is 4. The summed E-state index contributed by atoms with van der Waals surface area (Å²) in [5, 5.41) is 4.60. The lowest BCUT2D eigenvalue weighted by molar-refractivity contribution is 0.348. The van der Waals surface area contributed by atoms with Gasteiger partial charge in [0.25, 0.3) is 0 Å². The molecule has 0 spiro atoms. The van der Waals surface area contributed by atoms with Crippen molar-refractivity contribution in [3.05, 3.63) is 35.2 Å². The molecule has 2 rings (SSSR count). The Kier molecular flexibility index (Phi) is 3.17. The monoisotopic (exact) mass is 251 g/mol. The summed E-state index contributed by atoms with van der Waals surface area (Å²) in [6.07, 6.45) is 0.549. The largest absolute Gasteiger partial charge is 0.339 e. The quantitative estimate of drug-likeness (QED) is 0.911. The smallest absolute Gasteiger partial charge is 0.228 e. The first-order valence-corrected chi connectivity index (χ1v) is 5.69. The van der Waals surface area contributed by atoms with Crippen LogP contribution in [-0.4, -0.2) is 15.7 Å². The van der Waals surface area contributed by atoms with Gasteiger partial charge in [0.1, 0.15) is 0 Å². The van der Waals surface area contributed by atoms with E-state index >= 15 is 0 Å². The first kappa shape index (κ1) is 12.1. The van der Waals surface area contributed by atoms with E-state index in [0.717, 1.165) is 5.56 Å². The van der Waals surface area contributed by atoms with Crippen molar-refractivity contribution >= 4 is 11.6 Å². The summed E-state index contributed by atoms with van der Waals surface area (Å²) in [7, 11) is 0. The molecule has 0 saturated carbocycles.